The van der Waals surface area contributed by atoms with Crippen LogP contribution in [0.1, 0.15) is 194 Å². The molecule has 0 amide bonds. The fourth-order valence-electron chi connectivity index (χ4n) is 5.80. The number of hydrogen-bond acceptors (Lipinski definition) is 0. The molecule has 1 aromatic rings. The molecular weight excluding hydrogens is 448 g/mol. The summed E-state index contributed by atoms with van der Waals surface area (Å²) in [6.07, 6.45) is 43.0. The van der Waals surface area contributed by atoms with Crippen molar-refractivity contribution in [3.8, 4) is 0 Å². The fraction of sp³-hybridized carbons (Fsp3) is 0.914. The van der Waals surface area contributed by atoms with Gasteiger partial charge in [0.2, 0.25) is 0 Å². The van der Waals surface area contributed by atoms with E-state index in [4.69, 9.17) is 0 Å². The highest BCUT2D eigenvalue weighted by molar-refractivity contribution is 4.84. The third-order valence-corrected chi connectivity index (χ3v) is 8.35. The second-order valence-corrected chi connectivity index (χ2v) is 12.0. The van der Waals surface area contributed by atoms with Gasteiger partial charge in [0.15, 0.2) is 0 Å². The van der Waals surface area contributed by atoms with E-state index in [1.54, 1.807) is 5.82 Å². The Morgan fingerprint density at radius 3 is 1.30 bits per heavy atom. The number of unbranched alkanes of at least 4 members (excludes halogenated alkanes) is 23. The van der Waals surface area contributed by atoms with Crippen molar-refractivity contribution in [2.75, 3.05) is 0 Å². The van der Waals surface area contributed by atoms with Gasteiger partial charge in [0.1, 0.15) is 12.4 Å². The van der Waals surface area contributed by atoms with E-state index in [1.807, 2.05) is 0 Å². The SMILES string of the molecule is CCCCCCCCCCCCCCCC[n+]1ccn(CCCCCCC)c1CCCCCCCCC. The molecule has 0 radical (unpaired) electrons. The number of aryl methyl sites for hydroxylation is 2. The Bertz CT molecular complexity index is 576. The van der Waals surface area contributed by atoms with Crippen LogP contribution in [0, 0.1) is 0 Å². The fourth-order valence-corrected chi connectivity index (χ4v) is 5.80. The Morgan fingerprint density at radius 1 is 0.459 bits per heavy atom. The van der Waals surface area contributed by atoms with E-state index in [2.05, 4.69) is 42.3 Å². The summed E-state index contributed by atoms with van der Waals surface area (Å²) in [5.41, 5.74) is 0. The van der Waals surface area contributed by atoms with Crippen molar-refractivity contribution in [2.45, 2.75) is 207 Å². The van der Waals surface area contributed by atoms with Crippen LogP contribution in [0.4, 0.5) is 0 Å². The summed E-state index contributed by atoms with van der Waals surface area (Å²) >= 11 is 0. The van der Waals surface area contributed by atoms with Gasteiger partial charge in [-0.3, -0.25) is 0 Å². The first kappa shape index (κ1) is 34.2. The van der Waals surface area contributed by atoms with Gasteiger partial charge in [-0.2, -0.15) is 0 Å². The maximum atomic E-state index is 2.61. The number of imidazole rings is 1. The van der Waals surface area contributed by atoms with Crippen molar-refractivity contribution in [3.63, 3.8) is 0 Å². The van der Waals surface area contributed by atoms with E-state index in [1.165, 1.54) is 186 Å². The molecular formula is C35H69N2+. The van der Waals surface area contributed by atoms with Crippen LogP contribution in [0.3, 0.4) is 0 Å². The average molecular weight is 518 g/mol. The highest BCUT2D eigenvalue weighted by Gasteiger charge is 2.16. The minimum atomic E-state index is 1.22. The Morgan fingerprint density at radius 2 is 0.838 bits per heavy atom. The maximum absolute atomic E-state index is 2.61. The van der Waals surface area contributed by atoms with Gasteiger partial charge in [-0.05, 0) is 32.1 Å². The highest BCUT2D eigenvalue weighted by atomic mass is 15.1. The number of nitrogens with zero attached hydrogens (tertiary/aromatic N) is 2. The van der Waals surface area contributed by atoms with Gasteiger partial charge in [-0.1, -0.05) is 156 Å². The summed E-state index contributed by atoms with van der Waals surface area (Å²) in [4.78, 5) is 0. The molecule has 2 nitrogen and oxygen atoms in total. The van der Waals surface area contributed by atoms with Crippen molar-refractivity contribution >= 4 is 0 Å². The largest absolute Gasteiger partial charge is 0.256 e. The van der Waals surface area contributed by atoms with Crippen molar-refractivity contribution in [3.05, 3.63) is 18.2 Å². The minimum absolute atomic E-state index is 1.22. The summed E-state index contributed by atoms with van der Waals surface area (Å²) in [5, 5.41) is 0. The molecule has 1 heterocycles. The van der Waals surface area contributed by atoms with Gasteiger partial charge < -0.3 is 0 Å². The second-order valence-electron chi connectivity index (χ2n) is 12.0. The van der Waals surface area contributed by atoms with E-state index in [0.717, 1.165) is 0 Å². The van der Waals surface area contributed by atoms with Gasteiger partial charge >= 0.3 is 0 Å². The van der Waals surface area contributed by atoms with Gasteiger partial charge in [0.05, 0.1) is 13.1 Å². The Hall–Kier alpha value is -0.790. The van der Waals surface area contributed by atoms with Crippen LogP contribution in [0.2, 0.25) is 0 Å². The van der Waals surface area contributed by atoms with E-state index in [9.17, 15) is 0 Å². The molecule has 0 aliphatic carbocycles. The molecule has 0 atom stereocenters. The lowest BCUT2D eigenvalue weighted by Gasteiger charge is -2.07. The van der Waals surface area contributed by atoms with Crippen LogP contribution in [0.15, 0.2) is 12.4 Å². The molecule has 0 bridgehead atoms. The molecule has 0 aromatic carbocycles. The highest BCUT2D eigenvalue weighted by Crippen LogP contribution is 2.14. The van der Waals surface area contributed by atoms with Crippen LogP contribution in [-0.4, -0.2) is 4.57 Å². The van der Waals surface area contributed by atoms with Gasteiger partial charge in [-0.15, -0.1) is 0 Å². The molecule has 0 spiro atoms. The maximum Gasteiger partial charge on any atom is 0.256 e. The molecule has 0 fully saturated rings. The van der Waals surface area contributed by atoms with Crippen molar-refractivity contribution in [1.82, 2.24) is 4.57 Å². The first-order valence-electron chi connectivity index (χ1n) is 17.4. The zero-order valence-electron chi connectivity index (χ0n) is 26.1. The molecule has 218 valence electrons. The summed E-state index contributed by atoms with van der Waals surface area (Å²) < 4.78 is 5.22. The third-order valence-electron chi connectivity index (χ3n) is 8.35. The Kier molecular flexibility index (Phi) is 24.8. The summed E-state index contributed by atoms with van der Waals surface area (Å²) in [6.45, 7) is 9.38. The average Bonchev–Trinajstić information content (AvgIpc) is 3.29. The molecule has 2 heteroatoms. The summed E-state index contributed by atoms with van der Waals surface area (Å²) in [5.74, 6) is 1.61. The zero-order chi connectivity index (χ0) is 26.7. The topological polar surface area (TPSA) is 8.81 Å². The lowest BCUT2D eigenvalue weighted by Crippen LogP contribution is -2.37. The lowest BCUT2D eigenvalue weighted by atomic mass is 10.0. The standard InChI is InChI=1S/C35H69N2/c1-4-7-10-13-15-16-17-18-19-20-21-23-26-29-32-37-34-33-36(31-28-25-12-9-6-3)35(37)30-27-24-22-14-11-8-5-2/h33-34H,4-32H2,1-3H3/q+1. The number of rotatable bonds is 29. The number of aromatic nitrogens is 2. The lowest BCUT2D eigenvalue weighted by molar-refractivity contribution is -0.704. The van der Waals surface area contributed by atoms with Crippen LogP contribution in [0.5, 0.6) is 0 Å². The van der Waals surface area contributed by atoms with Gasteiger partial charge in [-0.25, -0.2) is 9.13 Å². The van der Waals surface area contributed by atoms with Crippen molar-refractivity contribution < 1.29 is 4.57 Å². The molecule has 0 unspecified atom stereocenters. The van der Waals surface area contributed by atoms with Gasteiger partial charge in [0, 0.05) is 6.42 Å². The second kappa shape index (κ2) is 26.8. The van der Waals surface area contributed by atoms with Gasteiger partial charge in [0.25, 0.3) is 5.82 Å². The quantitative estimate of drug-likeness (QED) is 0.0737. The van der Waals surface area contributed by atoms with Crippen LogP contribution in [0.25, 0.3) is 0 Å². The third kappa shape index (κ3) is 19.9. The Balaban J connectivity index is 2.22. The molecule has 0 saturated heterocycles. The first-order valence-corrected chi connectivity index (χ1v) is 17.4. The molecule has 0 saturated carbocycles. The van der Waals surface area contributed by atoms with Crippen LogP contribution in [-0.2, 0) is 19.5 Å². The van der Waals surface area contributed by atoms with E-state index in [-0.39, 0.29) is 0 Å². The smallest absolute Gasteiger partial charge is 0.234 e. The Labute approximate surface area is 234 Å². The predicted molar refractivity (Wildman–Crippen MR) is 165 cm³/mol. The number of hydrogen-bond donors (Lipinski definition) is 0. The predicted octanol–water partition coefficient (Wildman–Crippen LogP) is 11.5. The molecule has 0 N–H and O–H groups in total. The van der Waals surface area contributed by atoms with Crippen molar-refractivity contribution in [2.24, 2.45) is 0 Å². The zero-order valence-corrected chi connectivity index (χ0v) is 26.1. The molecule has 0 aliphatic rings. The van der Waals surface area contributed by atoms with E-state index < -0.39 is 0 Å². The monoisotopic (exact) mass is 518 g/mol. The molecule has 1 rings (SSSR count). The van der Waals surface area contributed by atoms with Crippen LogP contribution < -0.4 is 4.57 Å². The summed E-state index contributed by atoms with van der Waals surface area (Å²) in [7, 11) is 0. The first-order chi connectivity index (χ1) is 18.3. The van der Waals surface area contributed by atoms with Crippen LogP contribution >= 0.6 is 0 Å². The molecule has 37 heavy (non-hydrogen) atoms. The summed E-state index contributed by atoms with van der Waals surface area (Å²) in [6, 6.07) is 0. The molecule has 0 aliphatic heterocycles. The van der Waals surface area contributed by atoms with Crippen molar-refractivity contribution in [1.29, 1.82) is 0 Å². The molecule has 1 aromatic heterocycles. The van der Waals surface area contributed by atoms with E-state index in [0.29, 0.717) is 0 Å². The minimum Gasteiger partial charge on any atom is -0.234 e. The van der Waals surface area contributed by atoms with E-state index >= 15 is 0 Å². The normalized spacial score (nSPS) is 11.5.